The number of hydrogen-bond acceptors (Lipinski definition) is 13. The van der Waals surface area contributed by atoms with Gasteiger partial charge in [-0.05, 0) is 76.4 Å². The van der Waals surface area contributed by atoms with Crippen LogP contribution in [0, 0.1) is 17.3 Å². The second-order valence-electron chi connectivity index (χ2n) is 21.6. The predicted octanol–water partition coefficient (Wildman–Crippen LogP) is 6.61. The van der Waals surface area contributed by atoms with Gasteiger partial charge in [0.25, 0.3) is 11.8 Å². The summed E-state index contributed by atoms with van der Waals surface area (Å²) >= 11 is 3.70. The minimum atomic E-state index is -1.51. The number of fused-ring (bicyclic) bond motifs is 8. The van der Waals surface area contributed by atoms with Gasteiger partial charge in [0.05, 0.1) is 53.8 Å². The molecule has 10 rings (SSSR count). The number of urea groups is 1. The highest BCUT2D eigenvalue weighted by molar-refractivity contribution is 14.1. The fourth-order valence-electron chi connectivity index (χ4n) is 11.9. The number of carbonyl (C=O) groups excluding carboxylic acids is 4. The predicted molar refractivity (Wildman–Crippen MR) is 286 cm³/mol. The van der Waals surface area contributed by atoms with Crippen LogP contribution in [0.5, 0.6) is 0 Å². The third kappa shape index (κ3) is 9.10. The number of methoxy groups -OCH3 is 1. The van der Waals surface area contributed by atoms with Crippen LogP contribution < -0.4 is 15.6 Å². The Balaban J connectivity index is 1.06. The van der Waals surface area contributed by atoms with Crippen LogP contribution >= 0.6 is 33.9 Å². The molecule has 1 aliphatic carbocycles. The first-order chi connectivity index (χ1) is 34.6. The van der Waals surface area contributed by atoms with Crippen LogP contribution in [0.4, 0.5) is 10.5 Å². The lowest BCUT2D eigenvalue weighted by molar-refractivity contribution is -0.158. The number of benzene rings is 1. The van der Waals surface area contributed by atoms with Gasteiger partial charge >= 0.3 is 12.0 Å². The molecule has 386 valence electrons. The number of hydrogen-bond donors (Lipinski definition) is 2. The monoisotopic (exact) mass is 1120 g/mol. The van der Waals surface area contributed by atoms with Crippen molar-refractivity contribution in [2.45, 2.75) is 90.4 Å². The average molecular weight is 1120 g/mol. The summed E-state index contributed by atoms with van der Waals surface area (Å²) < 4.78 is 21.2. The second-order valence-corrected chi connectivity index (χ2v) is 23.6. The van der Waals surface area contributed by atoms with Gasteiger partial charge in [-0.2, -0.15) is 0 Å². The zero-order chi connectivity index (χ0) is 50.8. The number of pyridine rings is 1. The number of piperazine rings is 1. The molecule has 3 aromatic heterocycles. The third-order valence-corrected chi connectivity index (χ3v) is 17.5. The molecule has 1 aromatic carbocycles. The largest absolute Gasteiger partial charge is 0.464 e. The van der Waals surface area contributed by atoms with Crippen LogP contribution in [-0.2, 0) is 41.6 Å². The number of thiazole rings is 1. The van der Waals surface area contributed by atoms with E-state index < -0.39 is 35.0 Å². The van der Waals surface area contributed by atoms with E-state index in [4.69, 9.17) is 24.2 Å². The van der Waals surface area contributed by atoms with E-state index in [1.807, 2.05) is 11.6 Å². The summed E-state index contributed by atoms with van der Waals surface area (Å²) in [5.74, 6) is -0.826. The van der Waals surface area contributed by atoms with Crippen molar-refractivity contribution in [1.29, 1.82) is 0 Å². The fourth-order valence-corrected chi connectivity index (χ4v) is 13.8. The zero-order valence-corrected chi connectivity index (χ0v) is 45.9. The molecular weight excluding hydrogens is 1050 g/mol. The van der Waals surface area contributed by atoms with E-state index in [2.05, 4.69) is 99.8 Å². The van der Waals surface area contributed by atoms with Crippen molar-refractivity contribution in [2.24, 2.45) is 17.3 Å². The maximum absolute atomic E-state index is 15.4. The molecule has 4 amide bonds. The fraction of sp³-hybridized carbons (Fsp3) is 0.585. The van der Waals surface area contributed by atoms with E-state index >= 15 is 4.79 Å². The number of esters is 1. The van der Waals surface area contributed by atoms with E-state index in [1.165, 1.54) is 21.2 Å². The van der Waals surface area contributed by atoms with Crippen molar-refractivity contribution in [2.75, 3.05) is 96.2 Å². The molecule has 2 N–H and O–H groups in total. The zero-order valence-electron chi connectivity index (χ0n) is 42.9. The molecule has 8 heterocycles. The molecule has 5 aliphatic heterocycles. The van der Waals surface area contributed by atoms with Gasteiger partial charge in [0, 0.05) is 128 Å². The highest BCUT2D eigenvalue weighted by Gasteiger charge is 2.50. The number of halogens is 1. The number of aryl methyl sites for hydroxylation is 1. The molecule has 6 aliphatic rings. The highest BCUT2D eigenvalue weighted by atomic mass is 127. The summed E-state index contributed by atoms with van der Waals surface area (Å²) in [7, 11) is 5.53. The number of nitrogens with zero attached hydrogens (tertiary/aromatic N) is 8. The highest BCUT2D eigenvalue weighted by Crippen LogP contribution is 2.57. The Labute approximate surface area is 440 Å². The third-order valence-electron chi connectivity index (χ3n) is 16.1. The number of rotatable bonds is 9. The number of amides is 4. The first-order valence-electron chi connectivity index (χ1n) is 25.5. The van der Waals surface area contributed by atoms with Crippen molar-refractivity contribution in [3.63, 3.8) is 0 Å². The molecule has 0 spiro atoms. The molecule has 4 atom stereocenters. The molecule has 4 aromatic rings. The quantitative estimate of drug-likeness (QED) is 0.0799. The summed E-state index contributed by atoms with van der Waals surface area (Å²) in [6, 6.07) is 7.73. The molecular formula is C53H69IN10O7S. The number of cyclic esters (lactones) is 1. The molecule has 4 fully saturated rings. The van der Waals surface area contributed by atoms with Crippen molar-refractivity contribution in [3.8, 4) is 22.5 Å². The van der Waals surface area contributed by atoms with Gasteiger partial charge in [0.2, 0.25) is 0 Å². The topological polar surface area (TPSA) is 167 Å². The number of carbonyl (C=O) groups is 4. The van der Waals surface area contributed by atoms with Crippen LogP contribution in [0.25, 0.3) is 33.4 Å². The summed E-state index contributed by atoms with van der Waals surface area (Å²) in [6.07, 6.45) is 2.87. The maximum Gasteiger partial charge on any atom is 0.324 e. The Bertz CT molecular complexity index is 2790. The number of aromatic nitrogens is 3. The lowest BCUT2D eigenvalue weighted by Crippen LogP contribution is -2.67. The van der Waals surface area contributed by atoms with E-state index in [9.17, 15) is 14.4 Å². The van der Waals surface area contributed by atoms with Gasteiger partial charge in [0.15, 0.2) is 0 Å². The van der Waals surface area contributed by atoms with Crippen molar-refractivity contribution < 1.29 is 33.4 Å². The molecule has 4 saturated heterocycles. The molecule has 72 heavy (non-hydrogen) atoms. The molecule has 0 radical (unpaired) electrons. The number of alkyl halides is 1. The number of ether oxygens (including phenoxy) is 3. The Morgan fingerprint density at radius 3 is 2.51 bits per heavy atom. The maximum atomic E-state index is 15.4. The van der Waals surface area contributed by atoms with E-state index in [0.29, 0.717) is 65.9 Å². The van der Waals surface area contributed by atoms with Gasteiger partial charge in [-0.3, -0.25) is 29.3 Å². The number of allylic oxidation sites excluding steroid dienone is 1. The van der Waals surface area contributed by atoms with Crippen LogP contribution in [0.2, 0.25) is 0 Å². The Kier molecular flexibility index (Phi) is 14.3. The van der Waals surface area contributed by atoms with E-state index in [1.54, 1.807) is 32.9 Å². The number of likely N-dealkylation sites (tertiary alicyclic amines) is 1. The molecule has 19 heteroatoms. The van der Waals surface area contributed by atoms with Crippen molar-refractivity contribution >= 4 is 74.3 Å². The van der Waals surface area contributed by atoms with E-state index in [0.717, 1.165) is 89.8 Å². The number of nitrogens with one attached hydrogen (secondary N) is 2. The molecule has 17 nitrogen and oxygen atoms in total. The average Bonchev–Trinajstić information content (AvgIpc) is 3.94. The minimum Gasteiger partial charge on any atom is -0.464 e. The number of anilines is 1. The lowest BCUT2D eigenvalue weighted by Gasteiger charge is -2.47. The summed E-state index contributed by atoms with van der Waals surface area (Å²) in [5, 5.41) is 8.47. The smallest absolute Gasteiger partial charge is 0.324 e. The van der Waals surface area contributed by atoms with Crippen molar-refractivity contribution in [3.05, 3.63) is 63.4 Å². The molecule has 6 bridgehead atoms. The molecule has 1 unspecified atom stereocenters. The SMILES string of the molecule is CCn1c2c3c4cc(ccc41)-c1csc(n1)C[C@](CCI)(NC(=O)C(=C(C)C)N(C)C(=O)N1CC(C4COC4)C1)C(=O)N1CCC[C@H](N1)C(=O)OCC(C)(C)C3[C@H](OC)c1ncc(N3CCN(C)CC3)cc1-2. The first kappa shape index (κ1) is 50.8. The Morgan fingerprint density at radius 2 is 1.83 bits per heavy atom. The van der Waals surface area contributed by atoms with Crippen LogP contribution in [0.1, 0.15) is 82.2 Å². The van der Waals surface area contributed by atoms with Gasteiger partial charge < -0.3 is 38.8 Å². The van der Waals surface area contributed by atoms with Gasteiger partial charge in [-0.25, -0.2) is 15.2 Å². The Hall–Kier alpha value is -4.67. The van der Waals surface area contributed by atoms with Gasteiger partial charge in [-0.15, -0.1) is 11.3 Å². The van der Waals surface area contributed by atoms with Crippen LogP contribution in [0.15, 0.2) is 47.1 Å². The molecule has 0 saturated carbocycles. The minimum absolute atomic E-state index is 0.0736. The second kappa shape index (κ2) is 20.2. The van der Waals surface area contributed by atoms with Crippen molar-refractivity contribution in [1.82, 2.24) is 45.0 Å². The summed E-state index contributed by atoms with van der Waals surface area (Å²) in [6.45, 7) is 17.6. The summed E-state index contributed by atoms with van der Waals surface area (Å²) in [4.78, 5) is 77.2. The Morgan fingerprint density at radius 1 is 1.07 bits per heavy atom. The van der Waals surface area contributed by atoms with Gasteiger partial charge in [-0.1, -0.05) is 42.5 Å². The first-order valence-corrected chi connectivity index (χ1v) is 28.0. The van der Waals surface area contributed by atoms with Crippen LogP contribution in [0.3, 0.4) is 0 Å². The van der Waals surface area contributed by atoms with Gasteiger partial charge in [0.1, 0.15) is 23.4 Å². The number of likely N-dealkylation sites (N-methyl/N-ethyl adjacent to an activating group) is 2. The number of hydrazine groups is 1. The summed E-state index contributed by atoms with van der Waals surface area (Å²) in [5.41, 5.74) is 9.85. The lowest BCUT2D eigenvalue weighted by atomic mass is 9.67. The standard InChI is InChI=1S/C53H69IN10O7S/c1-9-63-40-13-12-32-21-36(40)42-43(47(69-8)44-37(46(42)63)22-35(24-55-44)61-19-17-59(6)18-20-61)52(4,5)30-71-49(66)38-11-10-16-64(58-38)50(67)53(14-15-54,23-41-56-39(32)29-72-41)57-48(65)45(31(2)3)60(7)51(68)62-25-33(26-62)34-27-70-28-34/h12-13,21-22,24,29,33-34,38,43,47,58H,9-11,14-20,23,25-28,30H2,1-8H3,(H,57,65)/t38-,43?,47-,53-/m0/s1. The van der Waals surface area contributed by atoms with Crippen LogP contribution in [-0.4, -0.2) is 161 Å². The van der Waals surface area contributed by atoms with E-state index in [-0.39, 0.29) is 43.0 Å². The normalized spacial score (nSPS) is 24.7.